The number of fused-ring (bicyclic) bond motifs is 1. The van der Waals surface area contributed by atoms with Crippen molar-refractivity contribution < 1.29 is 8.42 Å². The SMILES string of the molecule is CCSc1nnc(-c2nn(C)c3c2CN(S(=O)(=O)c2cccc(C)c2)CC3)n1C. The van der Waals surface area contributed by atoms with E-state index in [0.29, 0.717) is 29.4 Å². The summed E-state index contributed by atoms with van der Waals surface area (Å²) < 4.78 is 31.7. The molecule has 1 aliphatic rings. The summed E-state index contributed by atoms with van der Waals surface area (Å²) in [6, 6.07) is 7.04. The fraction of sp³-hybridized carbons (Fsp3) is 0.421. The number of thioether (sulfide) groups is 1. The predicted molar refractivity (Wildman–Crippen MR) is 112 cm³/mol. The van der Waals surface area contributed by atoms with Gasteiger partial charge in [0, 0.05) is 44.9 Å². The fourth-order valence-electron chi connectivity index (χ4n) is 3.65. The number of aromatic nitrogens is 5. The van der Waals surface area contributed by atoms with E-state index in [-0.39, 0.29) is 6.54 Å². The zero-order valence-corrected chi connectivity index (χ0v) is 18.6. The highest BCUT2D eigenvalue weighted by molar-refractivity contribution is 7.99. The first kappa shape index (κ1) is 20.1. The maximum Gasteiger partial charge on any atom is 0.243 e. The molecule has 4 rings (SSSR count). The average molecular weight is 433 g/mol. The van der Waals surface area contributed by atoms with Crippen LogP contribution in [0.3, 0.4) is 0 Å². The fourth-order valence-corrected chi connectivity index (χ4v) is 5.80. The van der Waals surface area contributed by atoms with Crippen molar-refractivity contribution in [1.82, 2.24) is 28.9 Å². The Hall–Kier alpha value is -2.17. The molecule has 0 spiro atoms. The van der Waals surface area contributed by atoms with E-state index < -0.39 is 10.0 Å². The topological polar surface area (TPSA) is 85.9 Å². The van der Waals surface area contributed by atoms with E-state index in [4.69, 9.17) is 0 Å². The lowest BCUT2D eigenvalue weighted by atomic mass is 10.1. The number of aryl methyl sites for hydroxylation is 2. The van der Waals surface area contributed by atoms with Crippen LogP contribution in [0.15, 0.2) is 34.3 Å². The second-order valence-electron chi connectivity index (χ2n) is 7.10. The third-order valence-electron chi connectivity index (χ3n) is 5.15. The summed E-state index contributed by atoms with van der Waals surface area (Å²) in [5, 5.41) is 14.1. The maximum absolute atomic E-state index is 13.2. The quantitative estimate of drug-likeness (QED) is 0.576. The number of benzene rings is 1. The Kier molecular flexibility index (Phi) is 5.26. The lowest BCUT2D eigenvalue weighted by Gasteiger charge is -2.27. The minimum absolute atomic E-state index is 0.276. The number of nitrogens with zero attached hydrogens (tertiary/aromatic N) is 6. The third-order valence-corrected chi connectivity index (χ3v) is 7.90. The largest absolute Gasteiger partial charge is 0.304 e. The monoisotopic (exact) mass is 432 g/mol. The molecule has 0 amide bonds. The number of rotatable bonds is 5. The molecule has 0 N–H and O–H groups in total. The van der Waals surface area contributed by atoms with E-state index in [0.717, 1.165) is 27.7 Å². The molecular formula is C19H24N6O2S2. The van der Waals surface area contributed by atoms with E-state index in [2.05, 4.69) is 22.2 Å². The summed E-state index contributed by atoms with van der Waals surface area (Å²) in [6.45, 7) is 4.66. The lowest BCUT2D eigenvalue weighted by molar-refractivity contribution is 0.386. The number of sulfonamides is 1. The van der Waals surface area contributed by atoms with Gasteiger partial charge in [-0.05, 0) is 30.4 Å². The zero-order chi connectivity index (χ0) is 20.8. The Bertz CT molecular complexity index is 1170. The summed E-state index contributed by atoms with van der Waals surface area (Å²) in [5.41, 5.74) is 3.57. The molecule has 0 unspecified atom stereocenters. The van der Waals surface area contributed by atoms with Crippen LogP contribution in [-0.4, -0.2) is 49.6 Å². The van der Waals surface area contributed by atoms with Gasteiger partial charge in [-0.2, -0.15) is 9.40 Å². The molecule has 154 valence electrons. The van der Waals surface area contributed by atoms with Crippen LogP contribution >= 0.6 is 11.8 Å². The molecule has 0 saturated heterocycles. The van der Waals surface area contributed by atoms with Crippen LogP contribution in [0.2, 0.25) is 0 Å². The predicted octanol–water partition coefficient (Wildman–Crippen LogP) is 2.38. The molecule has 1 aromatic carbocycles. The summed E-state index contributed by atoms with van der Waals surface area (Å²) in [5.74, 6) is 1.56. The second-order valence-corrected chi connectivity index (χ2v) is 10.3. The van der Waals surface area contributed by atoms with E-state index >= 15 is 0 Å². The molecule has 0 aliphatic carbocycles. The second kappa shape index (κ2) is 7.58. The summed E-state index contributed by atoms with van der Waals surface area (Å²) in [6.07, 6.45) is 0.609. The van der Waals surface area contributed by atoms with Crippen LogP contribution in [0.4, 0.5) is 0 Å². The first-order chi connectivity index (χ1) is 13.8. The standard InChI is InChI=1S/C19H24N6O2S2/c1-5-28-19-21-20-18(23(19)3)17-15-12-25(10-9-16(15)24(4)22-17)29(26,27)14-8-6-7-13(2)11-14/h6-8,11H,5,9-10,12H2,1-4H3. The van der Waals surface area contributed by atoms with Crippen molar-refractivity contribution >= 4 is 21.8 Å². The van der Waals surface area contributed by atoms with Crippen LogP contribution < -0.4 is 0 Å². The number of hydrogen-bond acceptors (Lipinski definition) is 6. The van der Waals surface area contributed by atoms with E-state index in [9.17, 15) is 8.42 Å². The Morgan fingerprint density at radius 1 is 1.21 bits per heavy atom. The van der Waals surface area contributed by atoms with Gasteiger partial charge in [-0.1, -0.05) is 30.8 Å². The van der Waals surface area contributed by atoms with Gasteiger partial charge >= 0.3 is 0 Å². The van der Waals surface area contributed by atoms with Gasteiger partial charge in [0.15, 0.2) is 11.0 Å². The maximum atomic E-state index is 13.2. The van der Waals surface area contributed by atoms with Gasteiger partial charge in [-0.15, -0.1) is 10.2 Å². The van der Waals surface area contributed by atoms with Crippen molar-refractivity contribution in [2.45, 2.75) is 36.9 Å². The van der Waals surface area contributed by atoms with Crippen molar-refractivity contribution in [2.75, 3.05) is 12.3 Å². The van der Waals surface area contributed by atoms with Gasteiger partial charge in [-0.25, -0.2) is 8.42 Å². The van der Waals surface area contributed by atoms with Crippen molar-refractivity contribution in [3.63, 3.8) is 0 Å². The zero-order valence-electron chi connectivity index (χ0n) is 17.0. The highest BCUT2D eigenvalue weighted by Crippen LogP contribution is 2.32. The van der Waals surface area contributed by atoms with E-state index in [1.807, 2.05) is 36.3 Å². The van der Waals surface area contributed by atoms with Crippen LogP contribution in [-0.2, 0) is 37.1 Å². The molecule has 0 saturated carbocycles. The van der Waals surface area contributed by atoms with Gasteiger partial charge in [0.25, 0.3) is 0 Å². The molecule has 29 heavy (non-hydrogen) atoms. The molecule has 0 bridgehead atoms. The minimum atomic E-state index is -3.58. The van der Waals surface area contributed by atoms with Crippen LogP contribution in [0.5, 0.6) is 0 Å². The van der Waals surface area contributed by atoms with Crippen molar-refractivity contribution in [3.8, 4) is 11.5 Å². The molecule has 3 heterocycles. The van der Waals surface area contributed by atoms with Gasteiger partial charge < -0.3 is 4.57 Å². The normalized spacial score (nSPS) is 14.9. The van der Waals surface area contributed by atoms with Gasteiger partial charge in [-0.3, -0.25) is 4.68 Å². The molecule has 2 aromatic heterocycles. The Morgan fingerprint density at radius 3 is 2.72 bits per heavy atom. The average Bonchev–Trinajstić information content (AvgIpc) is 3.22. The minimum Gasteiger partial charge on any atom is -0.304 e. The van der Waals surface area contributed by atoms with Crippen molar-refractivity contribution in [2.24, 2.45) is 14.1 Å². The molecule has 10 heteroatoms. The van der Waals surface area contributed by atoms with Gasteiger partial charge in [0.1, 0.15) is 5.69 Å². The van der Waals surface area contributed by atoms with Crippen LogP contribution in [0, 0.1) is 6.92 Å². The first-order valence-electron chi connectivity index (χ1n) is 9.47. The highest BCUT2D eigenvalue weighted by Gasteiger charge is 2.33. The molecule has 8 nitrogen and oxygen atoms in total. The van der Waals surface area contributed by atoms with Gasteiger partial charge in [0.05, 0.1) is 4.90 Å². The van der Waals surface area contributed by atoms with Gasteiger partial charge in [0.2, 0.25) is 10.0 Å². The van der Waals surface area contributed by atoms with Crippen molar-refractivity contribution in [1.29, 1.82) is 0 Å². The summed E-state index contributed by atoms with van der Waals surface area (Å²) in [4.78, 5) is 0.326. The van der Waals surface area contributed by atoms with E-state index in [1.54, 1.807) is 30.0 Å². The van der Waals surface area contributed by atoms with Crippen molar-refractivity contribution in [3.05, 3.63) is 41.1 Å². The molecule has 3 aromatic rings. The smallest absolute Gasteiger partial charge is 0.243 e. The number of hydrogen-bond donors (Lipinski definition) is 0. The Balaban J connectivity index is 1.73. The summed E-state index contributed by atoms with van der Waals surface area (Å²) in [7, 11) is 0.228. The summed E-state index contributed by atoms with van der Waals surface area (Å²) >= 11 is 1.61. The lowest BCUT2D eigenvalue weighted by Crippen LogP contribution is -2.36. The van der Waals surface area contributed by atoms with Crippen LogP contribution in [0.25, 0.3) is 11.5 Å². The third kappa shape index (κ3) is 3.49. The molecule has 0 radical (unpaired) electrons. The van der Waals surface area contributed by atoms with E-state index in [1.165, 1.54) is 4.31 Å². The molecular weight excluding hydrogens is 408 g/mol. The first-order valence-corrected chi connectivity index (χ1v) is 11.9. The Morgan fingerprint density at radius 2 is 2.00 bits per heavy atom. The highest BCUT2D eigenvalue weighted by atomic mass is 32.2. The van der Waals surface area contributed by atoms with Crippen LogP contribution in [0.1, 0.15) is 23.7 Å². The molecule has 1 aliphatic heterocycles. The molecule has 0 atom stereocenters. The molecule has 0 fully saturated rings. The Labute approximate surface area is 175 Å².